The predicted molar refractivity (Wildman–Crippen MR) is 87.3 cm³/mol. The van der Waals surface area contributed by atoms with E-state index in [2.05, 4.69) is 28.6 Å². The van der Waals surface area contributed by atoms with Gasteiger partial charge in [-0.3, -0.25) is 4.40 Å². The molecule has 0 aliphatic rings. The van der Waals surface area contributed by atoms with Crippen molar-refractivity contribution in [2.75, 3.05) is 18.5 Å². The minimum Gasteiger partial charge on any atom is -0.353 e. The van der Waals surface area contributed by atoms with Crippen LogP contribution in [0.2, 0.25) is 4.34 Å². The molecular weight excluding hydrogens is 312 g/mol. The molecule has 0 unspecified atom stereocenters. The summed E-state index contributed by atoms with van der Waals surface area (Å²) in [5.41, 5.74) is 6.91. The topological polar surface area (TPSA) is 46.6 Å². The summed E-state index contributed by atoms with van der Waals surface area (Å²) in [7, 11) is 2.06. The molecule has 0 aliphatic heterocycles. The number of rotatable bonds is 5. The number of thiazole rings is 1. The van der Waals surface area contributed by atoms with E-state index in [1.165, 1.54) is 10.6 Å². The molecular formula is C13H15ClN4S2. The summed E-state index contributed by atoms with van der Waals surface area (Å²) >= 11 is 9.23. The Hall–Kier alpha value is -1.08. The standard InChI is InChI=1S/C13H15ClN4S2/c1-17(8-9-2-3-11(14)20-9)12-10(4-5-15)18-6-7-19-13(18)16-12/h2-3,6-7H,4-5,8,15H2,1H3. The molecule has 0 aliphatic carbocycles. The fraction of sp³-hybridized carbons (Fsp3) is 0.308. The van der Waals surface area contributed by atoms with Crippen LogP contribution in [0.5, 0.6) is 0 Å². The molecule has 0 bridgehead atoms. The fourth-order valence-electron chi connectivity index (χ4n) is 2.24. The van der Waals surface area contributed by atoms with Crippen molar-refractivity contribution >= 4 is 45.1 Å². The van der Waals surface area contributed by atoms with Crippen molar-refractivity contribution in [1.29, 1.82) is 0 Å². The minimum atomic E-state index is 0.620. The molecule has 0 radical (unpaired) electrons. The molecule has 0 atom stereocenters. The fourth-order valence-corrected chi connectivity index (χ4v) is 4.11. The summed E-state index contributed by atoms with van der Waals surface area (Å²) in [6.07, 6.45) is 2.88. The van der Waals surface area contributed by atoms with Gasteiger partial charge >= 0.3 is 0 Å². The first-order valence-corrected chi connectivity index (χ1v) is 8.36. The molecule has 0 aromatic carbocycles. The number of hydrogen-bond acceptors (Lipinski definition) is 5. The molecule has 0 saturated heterocycles. The Morgan fingerprint density at radius 2 is 2.30 bits per heavy atom. The Morgan fingerprint density at radius 3 is 3.00 bits per heavy atom. The molecule has 20 heavy (non-hydrogen) atoms. The Labute approximate surface area is 130 Å². The van der Waals surface area contributed by atoms with Gasteiger partial charge in [-0.2, -0.15) is 0 Å². The molecule has 0 fully saturated rings. The van der Waals surface area contributed by atoms with Crippen molar-refractivity contribution < 1.29 is 0 Å². The highest BCUT2D eigenvalue weighted by atomic mass is 35.5. The summed E-state index contributed by atoms with van der Waals surface area (Å²) in [5, 5.41) is 2.05. The van der Waals surface area contributed by atoms with E-state index in [9.17, 15) is 0 Å². The highest BCUT2D eigenvalue weighted by molar-refractivity contribution is 7.16. The Kier molecular flexibility index (Phi) is 3.98. The van der Waals surface area contributed by atoms with Crippen LogP contribution in [0, 0.1) is 0 Å². The van der Waals surface area contributed by atoms with Crippen LogP contribution in [0.15, 0.2) is 23.7 Å². The van der Waals surface area contributed by atoms with Gasteiger partial charge in [0.05, 0.1) is 16.6 Å². The molecule has 7 heteroatoms. The Balaban J connectivity index is 1.91. The average molecular weight is 327 g/mol. The lowest BCUT2D eigenvalue weighted by atomic mass is 10.3. The number of thiophene rings is 1. The summed E-state index contributed by atoms with van der Waals surface area (Å²) in [6, 6.07) is 3.99. The second-order valence-electron chi connectivity index (χ2n) is 4.54. The van der Waals surface area contributed by atoms with Gasteiger partial charge in [-0.15, -0.1) is 22.7 Å². The molecule has 3 heterocycles. The van der Waals surface area contributed by atoms with E-state index in [0.29, 0.717) is 6.54 Å². The van der Waals surface area contributed by atoms with Crippen molar-refractivity contribution in [2.45, 2.75) is 13.0 Å². The normalized spacial score (nSPS) is 11.3. The summed E-state index contributed by atoms with van der Waals surface area (Å²) < 4.78 is 2.95. The van der Waals surface area contributed by atoms with Gasteiger partial charge in [-0.25, -0.2) is 4.98 Å². The van der Waals surface area contributed by atoms with Crippen molar-refractivity contribution in [3.8, 4) is 0 Å². The van der Waals surface area contributed by atoms with E-state index in [0.717, 1.165) is 28.1 Å². The second-order valence-corrected chi connectivity index (χ2v) is 7.21. The van der Waals surface area contributed by atoms with Gasteiger partial charge in [0.25, 0.3) is 0 Å². The number of fused-ring (bicyclic) bond motifs is 1. The molecule has 3 aromatic rings. The lowest BCUT2D eigenvalue weighted by Gasteiger charge is -2.17. The lowest BCUT2D eigenvalue weighted by molar-refractivity contribution is 0.864. The first kappa shape index (κ1) is 13.9. The number of halogens is 1. The zero-order valence-electron chi connectivity index (χ0n) is 11.0. The van der Waals surface area contributed by atoms with E-state index < -0.39 is 0 Å². The molecule has 2 N–H and O–H groups in total. The van der Waals surface area contributed by atoms with Gasteiger partial charge < -0.3 is 10.6 Å². The second kappa shape index (κ2) is 5.73. The van der Waals surface area contributed by atoms with Crippen LogP contribution in [-0.2, 0) is 13.0 Å². The number of anilines is 1. The van der Waals surface area contributed by atoms with E-state index in [-0.39, 0.29) is 0 Å². The highest BCUT2D eigenvalue weighted by Crippen LogP contribution is 2.28. The van der Waals surface area contributed by atoms with Gasteiger partial charge in [0.15, 0.2) is 10.8 Å². The molecule has 0 amide bonds. The van der Waals surface area contributed by atoms with Gasteiger partial charge in [0, 0.05) is 29.9 Å². The highest BCUT2D eigenvalue weighted by Gasteiger charge is 2.16. The van der Waals surface area contributed by atoms with Crippen molar-refractivity contribution in [2.24, 2.45) is 5.73 Å². The Morgan fingerprint density at radius 1 is 1.45 bits per heavy atom. The third-order valence-corrected chi connectivity index (χ3v) is 5.08. The maximum atomic E-state index is 5.98. The minimum absolute atomic E-state index is 0.620. The molecule has 3 rings (SSSR count). The van der Waals surface area contributed by atoms with Gasteiger partial charge in [-0.05, 0) is 18.7 Å². The maximum Gasteiger partial charge on any atom is 0.195 e. The van der Waals surface area contributed by atoms with Gasteiger partial charge in [-0.1, -0.05) is 11.6 Å². The Bertz CT molecular complexity index is 715. The largest absolute Gasteiger partial charge is 0.353 e. The quantitative estimate of drug-likeness (QED) is 0.783. The van der Waals surface area contributed by atoms with Crippen molar-refractivity contribution in [3.05, 3.63) is 38.6 Å². The molecule has 3 aromatic heterocycles. The number of aromatic nitrogens is 2. The number of imidazole rings is 1. The summed E-state index contributed by atoms with van der Waals surface area (Å²) in [4.78, 5) is 9.12. The molecule has 0 spiro atoms. The third kappa shape index (κ3) is 2.56. The number of nitrogens with zero attached hydrogens (tertiary/aromatic N) is 3. The molecule has 4 nitrogen and oxygen atoms in total. The first-order valence-electron chi connectivity index (χ1n) is 6.29. The summed E-state index contributed by atoms with van der Waals surface area (Å²) in [5.74, 6) is 1.01. The zero-order chi connectivity index (χ0) is 14.1. The van der Waals surface area contributed by atoms with Crippen LogP contribution in [0.25, 0.3) is 4.96 Å². The van der Waals surface area contributed by atoms with Crippen LogP contribution in [0.3, 0.4) is 0 Å². The predicted octanol–water partition coefficient (Wildman–Crippen LogP) is 3.25. The smallest absolute Gasteiger partial charge is 0.195 e. The lowest BCUT2D eigenvalue weighted by Crippen LogP contribution is -2.19. The van der Waals surface area contributed by atoms with Gasteiger partial charge in [0.2, 0.25) is 0 Å². The van der Waals surface area contributed by atoms with Crippen LogP contribution >= 0.6 is 34.3 Å². The molecule has 106 valence electrons. The number of hydrogen-bond donors (Lipinski definition) is 1. The van der Waals surface area contributed by atoms with E-state index >= 15 is 0 Å². The van der Waals surface area contributed by atoms with Crippen LogP contribution in [0.1, 0.15) is 10.6 Å². The zero-order valence-corrected chi connectivity index (χ0v) is 13.4. The van der Waals surface area contributed by atoms with E-state index in [4.69, 9.17) is 22.3 Å². The average Bonchev–Trinajstić information content (AvgIpc) is 3.08. The maximum absolute atomic E-state index is 5.98. The molecule has 0 saturated carbocycles. The third-order valence-electron chi connectivity index (χ3n) is 3.10. The SMILES string of the molecule is CN(Cc1ccc(Cl)s1)c1nc2sccn2c1CCN. The van der Waals surface area contributed by atoms with E-state index in [1.54, 1.807) is 22.7 Å². The van der Waals surface area contributed by atoms with Gasteiger partial charge in [0.1, 0.15) is 0 Å². The van der Waals surface area contributed by atoms with Crippen molar-refractivity contribution in [1.82, 2.24) is 9.38 Å². The van der Waals surface area contributed by atoms with Crippen LogP contribution in [0.4, 0.5) is 5.82 Å². The van der Waals surface area contributed by atoms with E-state index in [1.807, 2.05) is 11.4 Å². The number of nitrogens with two attached hydrogens (primary N) is 1. The first-order chi connectivity index (χ1) is 9.69. The monoisotopic (exact) mass is 326 g/mol. The van der Waals surface area contributed by atoms with Crippen molar-refractivity contribution in [3.63, 3.8) is 0 Å². The van der Waals surface area contributed by atoms with Crippen LogP contribution in [-0.4, -0.2) is 23.0 Å². The van der Waals surface area contributed by atoms with Crippen LogP contribution < -0.4 is 10.6 Å². The summed E-state index contributed by atoms with van der Waals surface area (Å²) in [6.45, 7) is 1.43.